The fraction of sp³-hybridized carbons (Fsp3) is 0.500. The fourth-order valence-electron chi connectivity index (χ4n) is 4.83. The first kappa shape index (κ1) is 22.3. The highest BCUT2D eigenvalue weighted by Crippen LogP contribution is 2.36. The number of benzene rings is 2. The van der Waals surface area contributed by atoms with Crippen LogP contribution in [0.25, 0.3) is 0 Å². The van der Waals surface area contributed by atoms with Gasteiger partial charge in [-0.25, -0.2) is 4.79 Å². The number of amides is 2. The predicted octanol–water partition coefficient (Wildman–Crippen LogP) is 4.48. The van der Waals surface area contributed by atoms with E-state index in [1.807, 2.05) is 24.0 Å². The van der Waals surface area contributed by atoms with E-state index in [4.69, 9.17) is 9.47 Å². The molecular weight excluding hydrogens is 402 g/mol. The number of nitrogens with zero attached hydrogens (tertiary/aromatic N) is 2. The summed E-state index contributed by atoms with van der Waals surface area (Å²) >= 11 is 0. The van der Waals surface area contributed by atoms with Crippen molar-refractivity contribution >= 4 is 11.7 Å². The minimum Gasteiger partial charge on any atom is -0.493 e. The summed E-state index contributed by atoms with van der Waals surface area (Å²) in [6.45, 7) is 4.76. The first-order valence-corrected chi connectivity index (χ1v) is 11.9. The number of anilines is 1. The summed E-state index contributed by atoms with van der Waals surface area (Å²) in [7, 11) is 1.69. The third kappa shape index (κ3) is 5.29. The zero-order valence-corrected chi connectivity index (χ0v) is 19.3. The van der Waals surface area contributed by atoms with Crippen LogP contribution in [0.4, 0.5) is 10.5 Å². The molecule has 2 aromatic rings. The molecule has 0 radical (unpaired) electrons. The van der Waals surface area contributed by atoms with Crippen molar-refractivity contribution < 1.29 is 14.3 Å². The molecule has 2 fully saturated rings. The van der Waals surface area contributed by atoms with Gasteiger partial charge in [-0.2, -0.15) is 0 Å². The maximum Gasteiger partial charge on any atom is 0.317 e. The van der Waals surface area contributed by atoms with Gasteiger partial charge in [0.15, 0.2) is 11.5 Å². The standard InChI is InChI=1S/C26H35N3O3/c1-3-27-26(30)28-15-16-29(22(19-28)17-20-9-5-4-6-10-20)21-13-14-24(31-2)25(18-21)32-23-11-7-8-12-23/h4-6,9-10,13-14,18,22-23H,3,7-8,11-12,15-17,19H2,1-2H3,(H,27,30). The summed E-state index contributed by atoms with van der Waals surface area (Å²) in [5, 5.41) is 2.95. The topological polar surface area (TPSA) is 54.0 Å². The van der Waals surface area contributed by atoms with Gasteiger partial charge < -0.3 is 24.6 Å². The highest BCUT2D eigenvalue weighted by atomic mass is 16.5. The van der Waals surface area contributed by atoms with E-state index in [9.17, 15) is 4.79 Å². The van der Waals surface area contributed by atoms with Gasteiger partial charge in [0, 0.05) is 37.9 Å². The van der Waals surface area contributed by atoms with Crippen molar-refractivity contribution in [2.45, 2.75) is 51.2 Å². The molecule has 6 nitrogen and oxygen atoms in total. The lowest BCUT2D eigenvalue weighted by Crippen LogP contribution is -2.57. The second-order valence-electron chi connectivity index (χ2n) is 8.68. The number of ether oxygens (including phenoxy) is 2. The monoisotopic (exact) mass is 437 g/mol. The second-order valence-corrected chi connectivity index (χ2v) is 8.68. The summed E-state index contributed by atoms with van der Waals surface area (Å²) in [6.07, 6.45) is 5.82. The number of nitrogens with one attached hydrogen (secondary N) is 1. The summed E-state index contributed by atoms with van der Waals surface area (Å²) in [4.78, 5) is 16.9. The average molecular weight is 438 g/mol. The molecular formula is C26H35N3O3. The molecule has 0 aromatic heterocycles. The molecule has 0 bridgehead atoms. The number of piperazine rings is 1. The fourth-order valence-corrected chi connectivity index (χ4v) is 4.83. The predicted molar refractivity (Wildman–Crippen MR) is 128 cm³/mol. The molecule has 6 heteroatoms. The van der Waals surface area contributed by atoms with Gasteiger partial charge in [0.1, 0.15) is 0 Å². The van der Waals surface area contributed by atoms with Gasteiger partial charge in [0.25, 0.3) is 0 Å². The van der Waals surface area contributed by atoms with Crippen LogP contribution >= 0.6 is 0 Å². The van der Waals surface area contributed by atoms with Crippen molar-refractivity contribution in [3.05, 3.63) is 54.1 Å². The van der Waals surface area contributed by atoms with Crippen LogP contribution < -0.4 is 19.7 Å². The molecule has 1 saturated heterocycles. The molecule has 4 rings (SSSR count). The zero-order valence-electron chi connectivity index (χ0n) is 19.3. The van der Waals surface area contributed by atoms with Gasteiger partial charge in [-0.1, -0.05) is 30.3 Å². The van der Waals surface area contributed by atoms with Crippen LogP contribution in [0.5, 0.6) is 11.5 Å². The minimum atomic E-state index is 0.0187. The van der Waals surface area contributed by atoms with E-state index in [-0.39, 0.29) is 18.2 Å². The lowest BCUT2D eigenvalue weighted by atomic mass is 10.0. The molecule has 1 N–H and O–H groups in total. The maximum atomic E-state index is 12.5. The maximum absolute atomic E-state index is 12.5. The van der Waals surface area contributed by atoms with Crippen molar-refractivity contribution in [2.75, 3.05) is 38.2 Å². The zero-order chi connectivity index (χ0) is 22.3. The smallest absolute Gasteiger partial charge is 0.317 e. The molecule has 2 amide bonds. The minimum absolute atomic E-state index is 0.0187. The van der Waals surface area contributed by atoms with E-state index in [1.165, 1.54) is 18.4 Å². The highest BCUT2D eigenvalue weighted by molar-refractivity contribution is 5.74. The van der Waals surface area contributed by atoms with E-state index in [0.29, 0.717) is 19.6 Å². The van der Waals surface area contributed by atoms with Crippen molar-refractivity contribution in [3.63, 3.8) is 0 Å². The Morgan fingerprint density at radius 1 is 1.06 bits per heavy atom. The Bertz CT molecular complexity index is 883. The number of methoxy groups -OCH3 is 1. The van der Waals surface area contributed by atoms with Crippen LogP contribution in [-0.4, -0.2) is 56.4 Å². The van der Waals surface area contributed by atoms with Crippen molar-refractivity contribution in [1.82, 2.24) is 10.2 Å². The molecule has 1 unspecified atom stereocenters. The largest absolute Gasteiger partial charge is 0.493 e. The highest BCUT2D eigenvalue weighted by Gasteiger charge is 2.30. The molecule has 1 aliphatic carbocycles. The SMILES string of the molecule is CCNC(=O)N1CCN(c2ccc(OC)c(OC3CCCC3)c2)C(Cc2ccccc2)C1. The third-order valence-electron chi connectivity index (χ3n) is 6.49. The van der Waals surface area contributed by atoms with Crippen LogP contribution in [0.1, 0.15) is 38.2 Å². The Hall–Kier alpha value is -2.89. The molecule has 1 heterocycles. The average Bonchev–Trinajstić information content (AvgIpc) is 3.33. The van der Waals surface area contributed by atoms with Gasteiger partial charge in [0.05, 0.1) is 19.3 Å². The van der Waals surface area contributed by atoms with Gasteiger partial charge in [-0.15, -0.1) is 0 Å². The Morgan fingerprint density at radius 3 is 2.56 bits per heavy atom. The molecule has 1 aliphatic heterocycles. The van der Waals surface area contributed by atoms with E-state index < -0.39 is 0 Å². The van der Waals surface area contributed by atoms with Crippen LogP contribution in [0.2, 0.25) is 0 Å². The van der Waals surface area contributed by atoms with Crippen molar-refractivity contribution in [1.29, 1.82) is 0 Å². The molecule has 0 spiro atoms. The van der Waals surface area contributed by atoms with E-state index in [1.54, 1.807) is 7.11 Å². The number of hydrogen-bond acceptors (Lipinski definition) is 4. The number of carbonyl (C=O) groups excluding carboxylic acids is 1. The Kier molecular flexibility index (Phi) is 7.40. The van der Waals surface area contributed by atoms with Gasteiger partial charge >= 0.3 is 6.03 Å². The summed E-state index contributed by atoms with van der Waals surface area (Å²) in [5.41, 5.74) is 2.39. The normalized spacial score (nSPS) is 19.1. The van der Waals surface area contributed by atoms with Crippen molar-refractivity contribution in [2.24, 2.45) is 0 Å². The number of rotatable bonds is 7. The van der Waals surface area contributed by atoms with Gasteiger partial charge in [-0.05, 0) is 56.7 Å². The Labute approximate surface area is 191 Å². The van der Waals surface area contributed by atoms with Gasteiger partial charge in [0.2, 0.25) is 0 Å². The lowest BCUT2D eigenvalue weighted by molar-refractivity contribution is 0.185. The quantitative estimate of drug-likeness (QED) is 0.694. The van der Waals surface area contributed by atoms with E-state index >= 15 is 0 Å². The van der Waals surface area contributed by atoms with Crippen molar-refractivity contribution in [3.8, 4) is 11.5 Å². The molecule has 1 atom stereocenters. The lowest BCUT2D eigenvalue weighted by Gasteiger charge is -2.43. The summed E-state index contributed by atoms with van der Waals surface area (Å²) < 4.78 is 11.9. The van der Waals surface area contributed by atoms with E-state index in [2.05, 4.69) is 46.6 Å². The van der Waals surface area contributed by atoms with Crippen LogP contribution in [0, 0.1) is 0 Å². The second kappa shape index (κ2) is 10.6. The molecule has 2 aromatic carbocycles. The summed E-state index contributed by atoms with van der Waals surface area (Å²) in [6, 6.07) is 17.0. The molecule has 1 saturated carbocycles. The van der Waals surface area contributed by atoms with Crippen LogP contribution in [0.15, 0.2) is 48.5 Å². The van der Waals surface area contributed by atoms with Crippen LogP contribution in [-0.2, 0) is 6.42 Å². The molecule has 172 valence electrons. The number of urea groups is 1. The molecule has 32 heavy (non-hydrogen) atoms. The van der Waals surface area contributed by atoms with Crippen LogP contribution in [0.3, 0.4) is 0 Å². The first-order valence-electron chi connectivity index (χ1n) is 11.9. The first-order chi connectivity index (χ1) is 15.7. The summed E-state index contributed by atoms with van der Waals surface area (Å²) in [5.74, 6) is 1.60. The third-order valence-corrected chi connectivity index (χ3v) is 6.49. The van der Waals surface area contributed by atoms with Gasteiger partial charge in [-0.3, -0.25) is 0 Å². The Morgan fingerprint density at radius 2 is 1.84 bits per heavy atom. The van der Waals surface area contributed by atoms with E-state index in [0.717, 1.165) is 43.0 Å². The Balaban J connectivity index is 1.58. The molecule has 2 aliphatic rings. The number of carbonyl (C=O) groups is 1. The number of hydrogen-bond donors (Lipinski definition) is 1.